The average molecular weight is 469 g/mol. The number of ether oxygens (including phenoxy) is 1. The molecule has 180 valence electrons. The van der Waals surface area contributed by atoms with Crippen LogP contribution in [0.3, 0.4) is 0 Å². The van der Waals surface area contributed by atoms with E-state index in [0.29, 0.717) is 11.1 Å². The molecule has 1 heterocycles. The van der Waals surface area contributed by atoms with Gasteiger partial charge in [-0.25, -0.2) is 0 Å². The maximum Gasteiger partial charge on any atom is 0.278 e. The topological polar surface area (TPSA) is 58.6 Å². The Labute approximate surface area is 207 Å². The quantitative estimate of drug-likeness (QED) is 0.441. The lowest BCUT2D eigenvalue weighted by Crippen LogP contribution is -2.36. The summed E-state index contributed by atoms with van der Waals surface area (Å²) in [6, 6.07) is 23.2. The summed E-state index contributed by atoms with van der Waals surface area (Å²) in [6.07, 6.45) is 0. The third kappa shape index (κ3) is 5.46. The smallest absolute Gasteiger partial charge is 0.278 e. The number of hydrogen-bond acceptors (Lipinski definition) is 4. The van der Waals surface area contributed by atoms with Crippen LogP contribution in [0.25, 0.3) is 5.57 Å². The van der Waals surface area contributed by atoms with Crippen LogP contribution in [0.15, 0.2) is 78.5 Å². The third-order valence-corrected chi connectivity index (χ3v) is 6.03. The van der Waals surface area contributed by atoms with Crippen molar-refractivity contribution >= 4 is 23.1 Å². The second-order valence-corrected chi connectivity index (χ2v) is 10.0. The molecule has 35 heavy (non-hydrogen) atoms. The molecule has 4 rings (SSSR count). The molecule has 1 aliphatic heterocycles. The highest BCUT2D eigenvalue weighted by atomic mass is 16.5. The van der Waals surface area contributed by atoms with E-state index >= 15 is 0 Å². The molecule has 0 fully saturated rings. The number of nitrogens with zero attached hydrogens (tertiary/aromatic N) is 1. The Kier molecular flexibility index (Phi) is 6.79. The molecule has 5 heteroatoms. The van der Waals surface area contributed by atoms with Crippen molar-refractivity contribution in [3.05, 3.63) is 101 Å². The number of imide groups is 1. The number of amides is 2. The number of benzene rings is 3. The Morgan fingerprint density at radius 1 is 0.829 bits per heavy atom. The van der Waals surface area contributed by atoms with Gasteiger partial charge in [-0.2, -0.15) is 0 Å². The molecule has 0 aliphatic carbocycles. The number of anilines is 1. The fourth-order valence-electron chi connectivity index (χ4n) is 4.24. The van der Waals surface area contributed by atoms with Gasteiger partial charge >= 0.3 is 0 Å². The summed E-state index contributed by atoms with van der Waals surface area (Å²) in [6.45, 7) is 10.9. The summed E-state index contributed by atoms with van der Waals surface area (Å²) >= 11 is 0. The monoisotopic (exact) mass is 468 g/mol. The zero-order chi connectivity index (χ0) is 25.2. The Morgan fingerprint density at radius 3 is 2.06 bits per heavy atom. The molecule has 0 saturated heterocycles. The van der Waals surface area contributed by atoms with Crippen LogP contribution in [-0.2, 0) is 15.0 Å². The fraction of sp³-hybridized carbons (Fsp3) is 0.267. The number of carbonyl (C=O) groups excluding carboxylic acids is 2. The summed E-state index contributed by atoms with van der Waals surface area (Å²) in [5.41, 5.74) is 5.56. The Morgan fingerprint density at radius 2 is 1.46 bits per heavy atom. The van der Waals surface area contributed by atoms with Crippen LogP contribution in [0.5, 0.6) is 5.75 Å². The first-order valence-corrected chi connectivity index (χ1v) is 11.9. The number of carbonyl (C=O) groups is 2. The molecule has 0 bridgehead atoms. The van der Waals surface area contributed by atoms with Crippen LogP contribution >= 0.6 is 0 Å². The van der Waals surface area contributed by atoms with Gasteiger partial charge in [0.25, 0.3) is 11.8 Å². The van der Waals surface area contributed by atoms with Crippen LogP contribution in [0.1, 0.15) is 43.0 Å². The normalized spacial score (nSPS) is 14.0. The van der Waals surface area contributed by atoms with E-state index in [9.17, 15) is 9.59 Å². The predicted octanol–water partition coefficient (Wildman–Crippen LogP) is 5.87. The second kappa shape index (κ2) is 9.79. The minimum Gasteiger partial charge on any atom is -0.492 e. The van der Waals surface area contributed by atoms with E-state index in [4.69, 9.17) is 4.74 Å². The molecule has 0 unspecified atom stereocenters. The van der Waals surface area contributed by atoms with Crippen molar-refractivity contribution in [3.63, 3.8) is 0 Å². The van der Waals surface area contributed by atoms with Crippen molar-refractivity contribution in [3.8, 4) is 5.75 Å². The molecule has 0 atom stereocenters. The van der Waals surface area contributed by atoms with Gasteiger partial charge in [-0.3, -0.25) is 14.5 Å². The number of hydrogen-bond donors (Lipinski definition) is 1. The molecule has 5 nitrogen and oxygen atoms in total. The van der Waals surface area contributed by atoms with Gasteiger partial charge in [0.1, 0.15) is 18.1 Å². The van der Waals surface area contributed by atoms with Gasteiger partial charge < -0.3 is 10.1 Å². The first kappa shape index (κ1) is 24.3. The van der Waals surface area contributed by atoms with Gasteiger partial charge in [-0.1, -0.05) is 69.3 Å². The fourth-order valence-corrected chi connectivity index (χ4v) is 4.24. The van der Waals surface area contributed by atoms with E-state index in [1.165, 1.54) is 10.5 Å². The molecule has 2 amide bonds. The predicted molar refractivity (Wildman–Crippen MR) is 140 cm³/mol. The maximum atomic E-state index is 13.4. The van der Waals surface area contributed by atoms with Crippen molar-refractivity contribution in [1.29, 1.82) is 0 Å². The van der Waals surface area contributed by atoms with Crippen molar-refractivity contribution in [2.24, 2.45) is 0 Å². The molecule has 1 N–H and O–H groups in total. The van der Waals surface area contributed by atoms with Crippen LogP contribution < -0.4 is 10.1 Å². The Hall–Kier alpha value is -3.86. The van der Waals surface area contributed by atoms with Gasteiger partial charge in [-0.15, -0.1) is 0 Å². The molecule has 3 aromatic rings. The van der Waals surface area contributed by atoms with Gasteiger partial charge in [0, 0.05) is 5.69 Å². The number of nitrogens with one attached hydrogen (secondary N) is 1. The first-order valence-electron chi connectivity index (χ1n) is 11.9. The highest BCUT2D eigenvalue weighted by Gasteiger charge is 2.39. The van der Waals surface area contributed by atoms with Crippen molar-refractivity contribution < 1.29 is 14.3 Å². The number of aryl methyl sites for hydroxylation is 2. The van der Waals surface area contributed by atoms with Gasteiger partial charge in [0.05, 0.1) is 12.1 Å². The Bertz CT molecular complexity index is 1250. The van der Waals surface area contributed by atoms with Crippen LogP contribution in [0.4, 0.5) is 5.69 Å². The summed E-state index contributed by atoms with van der Waals surface area (Å²) in [5, 5.41) is 3.23. The van der Waals surface area contributed by atoms with Crippen molar-refractivity contribution in [1.82, 2.24) is 4.90 Å². The van der Waals surface area contributed by atoms with Crippen molar-refractivity contribution in [2.45, 2.75) is 40.0 Å². The summed E-state index contributed by atoms with van der Waals surface area (Å²) < 4.78 is 5.88. The highest BCUT2D eigenvalue weighted by Crippen LogP contribution is 2.31. The molecule has 3 aromatic carbocycles. The van der Waals surface area contributed by atoms with Gasteiger partial charge in [0.15, 0.2) is 0 Å². The molecular formula is C30H32N2O3. The third-order valence-electron chi connectivity index (χ3n) is 6.03. The SMILES string of the molecule is Cc1cc(C)cc(OCCN2C(=O)C(Nc3ccc(C(C)(C)C)cc3)=C(c3ccccc3)C2=O)c1. The second-order valence-electron chi connectivity index (χ2n) is 10.0. The van der Waals surface area contributed by atoms with Crippen LogP contribution in [0.2, 0.25) is 0 Å². The lowest BCUT2D eigenvalue weighted by atomic mass is 9.87. The lowest BCUT2D eigenvalue weighted by Gasteiger charge is -2.19. The van der Waals surface area contributed by atoms with E-state index in [1.807, 2.05) is 80.6 Å². The van der Waals surface area contributed by atoms with E-state index in [0.717, 1.165) is 22.6 Å². The largest absolute Gasteiger partial charge is 0.492 e. The lowest BCUT2D eigenvalue weighted by molar-refractivity contribution is -0.137. The summed E-state index contributed by atoms with van der Waals surface area (Å²) in [5.74, 6) is 0.0620. The standard InChI is InChI=1S/C30H32N2O3/c1-20-17-21(2)19-25(18-20)35-16-15-32-28(33)26(22-9-7-6-8-10-22)27(29(32)34)31-24-13-11-23(12-14-24)30(3,4)5/h6-14,17-19,31H,15-16H2,1-5H3. The van der Waals surface area contributed by atoms with Crippen LogP contribution in [0, 0.1) is 13.8 Å². The van der Waals surface area contributed by atoms with Gasteiger partial charge in [0.2, 0.25) is 0 Å². The average Bonchev–Trinajstić information content (AvgIpc) is 3.03. The van der Waals surface area contributed by atoms with Crippen molar-refractivity contribution in [2.75, 3.05) is 18.5 Å². The minimum absolute atomic E-state index is 0.0266. The molecule has 0 spiro atoms. The molecular weight excluding hydrogens is 436 g/mol. The Balaban J connectivity index is 1.56. The van der Waals surface area contributed by atoms with Gasteiger partial charge in [-0.05, 0) is 65.8 Å². The molecule has 0 saturated carbocycles. The zero-order valence-corrected chi connectivity index (χ0v) is 21.0. The molecule has 0 radical (unpaired) electrons. The maximum absolute atomic E-state index is 13.4. The minimum atomic E-state index is -0.349. The summed E-state index contributed by atoms with van der Waals surface area (Å²) in [7, 11) is 0. The summed E-state index contributed by atoms with van der Waals surface area (Å²) in [4.78, 5) is 28.1. The zero-order valence-electron chi connectivity index (χ0n) is 21.0. The number of rotatable bonds is 7. The van der Waals surface area contributed by atoms with Crippen LogP contribution in [-0.4, -0.2) is 29.9 Å². The van der Waals surface area contributed by atoms with E-state index in [1.54, 1.807) is 0 Å². The molecule has 1 aliphatic rings. The van der Waals surface area contributed by atoms with E-state index < -0.39 is 0 Å². The van der Waals surface area contributed by atoms with E-state index in [2.05, 4.69) is 32.2 Å². The molecule has 0 aromatic heterocycles. The first-order chi connectivity index (χ1) is 16.6. The highest BCUT2D eigenvalue weighted by molar-refractivity contribution is 6.36. The van der Waals surface area contributed by atoms with E-state index in [-0.39, 0.29) is 36.1 Å².